The molecule has 1 aromatic heterocycles. The van der Waals surface area contributed by atoms with Gasteiger partial charge in [-0.15, -0.1) is 0 Å². The minimum Gasteiger partial charge on any atom is -0.347 e. The molecule has 0 atom stereocenters. The van der Waals surface area contributed by atoms with Gasteiger partial charge in [0.25, 0.3) is 5.91 Å². The summed E-state index contributed by atoms with van der Waals surface area (Å²) in [5.74, 6) is 0.909. The summed E-state index contributed by atoms with van der Waals surface area (Å²) >= 11 is 0. The van der Waals surface area contributed by atoms with E-state index in [1.54, 1.807) is 0 Å². The number of fused-ring (bicyclic) bond motifs is 1. The van der Waals surface area contributed by atoms with Crippen molar-refractivity contribution in [1.82, 2.24) is 9.47 Å². The molecule has 3 heteroatoms. The second kappa shape index (κ2) is 5.99. The van der Waals surface area contributed by atoms with Crippen molar-refractivity contribution in [2.24, 2.45) is 5.92 Å². The van der Waals surface area contributed by atoms with Crippen molar-refractivity contribution in [1.29, 1.82) is 0 Å². The van der Waals surface area contributed by atoms with Gasteiger partial charge in [0.15, 0.2) is 0 Å². The number of carbonyl (C=O) groups is 1. The molecular weight excluding hydrogens is 272 g/mol. The van der Waals surface area contributed by atoms with Gasteiger partial charge in [0.2, 0.25) is 0 Å². The summed E-state index contributed by atoms with van der Waals surface area (Å²) in [6.07, 6.45) is 6.08. The number of benzene rings is 1. The Balaban J connectivity index is 1.99. The van der Waals surface area contributed by atoms with E-state index >= 15 is 0 Å². The third-order valence-electron chi connectivity index (χ3n) is 4.78. The Morgan fingerprint density at radius 1 is 1.36 bits per heavy atom. The third-order valence-corrected chi connectivity index (χ3v) is 4.78. The molecule has 0 spiro atoms. The molecule has 1 saturated heterocycles. The predicted octanol–water partition coefficient (Wildman–Crippen LogP) is 4.18. The van der Waals surface area contributed by atoms with Gasteiger partial charge >= 0.3 is 0 Å². The first-order valence-electron chi connectivity index (χ1n) is 8.18. The van der Waals surface area contributed by atoms with Crippen LogP contribution in [-0.2, 0) is 6.54 Å². The Morgan fingerprint density at radius 3 is 2.73 bits per heavy atom. The third kappa shape index (κ3) is 2.56. The number of hydrogen-bond donors (Lipinski definition) is 0. The van der Waals surface area contributed by atoms with Crippen LogP contribution in [0.3, 0.4) is 0 Å². The summed E-state index contributed by atoms with van der Waals surface area (Å²) in [5, 5.41) is 1.05. The molecule has 0 unspecified atom stereocenters. The molecule has 22 heavy (non-hydrogen) atoms. The molecule has 3 nitrogen and oxygen atoms in total. The van der Waals surface area contributed by atoms with Crippen molar-refractivity contribution in [3.05, 3.63) is 42.1 Å². The number of carbonyl (C=O) groups excluding carboxylic acids is 1. The number of likely N-dealkylation sites (tertiary alicyclic amines) is 1. The number of rotatable bonds is 3. The van der Waals surface area contributed by atoms with Gasteiger partial charge in [-0.3, -0.25) is 4.79 Å². The van der Waals surface area contributed by atoms with E-state index in [4.69, 9.17) is 0 Å². The first-order valence-corrected chi connectivity index (χ1v) is 8.18. The summed E-state index contributed by atoms with van der Waals surface area (Å²) < 4.78 is 2.15. The van der Waals surface area contributed by atoms with Crippen LogP contribution >= 0.6 is 0 Å². The molecular formula is C19H24N2O. The van der Waals surface area contributed by atoms with Crippen LogP contribution < -0.4 is 0 Å². The monoisotopic (exact) mass is 296 g/mol. The van der Waals surface area contributed by atoms with Crippen molar-refractivity contribution in [3.63, 3.8) is 0 Å². The van der Waals surface area contributed by atoms with E-state index in [2.05, 4.69) is 37.1 Å². The molecule has 116 valence electrons. The molecule has 1 aliphatic rings. The molecule has 3 rings (SSSR count). The average Bonchev–Trinajstić information content (AvgIpc) is 2.92. The Bertz CT molecular complexity index is 706. The SMILES string of the molecule is C=Cc1ccc2c(C(=O)N3CCC(C)CC3)cn(CC)c2c1. The largest absolute Gasteiger partial charge is 0.347 e. The molecule has 0 bridgehead atoms. The average molecular weight is 296 g/mol. The van der Waals surface area contributed by atoms with Gasteiger partial charge in [0.1, 0.15) is 0 Å². The number of amides is 1. The molecule has 1 aliphatic heterocycles. The highest BCUT2D eigenvalue weighted by atomic mass is 16.2. The maximum atomic E-state index is 12.9. The smallest absolute Gasteiger partial charge is 0.256 e. The van der Waals surface area contributed by atoms with E-state index in [9.17, 15) is 4.79 Å². The van der Waals surface area contributed by atoms with Gasteiger partial charge in [0, 0.05) is 36.7 Å². The molecule has 1 amide bonds. The van der Waals surface area contributed by atoms with E-state index < -0.39 is 0 Å². The second-order valence-electron chi connectivity index (χ2n) is 6.28. The quantitative estimate of drug-likeness (QED) is 0.834. The lowest BCUT2D eigenvalue weighted by Gasteiger charge is -2.30. The number of aryl methyl sites for hydroxylation is 1. The molecule has 0 aliphatic carbocycles. The van der Waals surface area contributed by atoms with E-state index in [1.165, 1.54) is 0 Å². The fourth-order valence-electron chi connectivity index (χ4n) is 3.25. The van der Waals surface area contributed by atoms with Crippen LogP contribution in [0.4, 0.5) is 0 Å². The van der Waals surface area contributed by atoms with Crippen LogP contribution in [0.2, 0.25) is 0 Å². The van der Waals surface area contributed by atoms with E-state index in [0.29, 0.717) is 0 Å². The summed E-state index contributed by atoms with van der Waals surface area (Å²) in [7, 11) is 0. The fourth-order valence-corrected chi connectivity index (χ4v) is 3.25. The van der Waals surface area contributed by atoms with Crippen LogP contribution in [0.15, 0.2) is 31.0 Å². The minimum absolute atomic E-state index is 0.176. The van der Waals surface area contributed by atoms with Gasteiger partial charge in [-0.2, -0.15) is 0 Å². The van der Waals surface area contributed by atoms with Crippen molar-refractivity contribution >= 4 is 22.9 Å². The Labute approximate surface area is 132 Å². The van der Waals surface area contributed by atoms with Crippen molar-refractivity contribution in [2.45, 2.75) is 33.2 Å². The topological polar surface area (TPSA) is 25.2 Å². The minimum atomic E-state index is 0.176. The van der Waals surface area contributed by atoms with Crippen LogP contribution in [0.5, 0.6) is 0 Å². The Morgan fingerprint density at radius 2 is 2.09 bits per heavy atom. The second-order valence-corrected chi connectivity index (χ2v) is 6.28. The van der Waals surface area contributed by atoms with Gasteiger partial charge < -0.3 is 9.47 Å². The number of aromatic nitrogens is 1. The highest BCUT2D eigenvalue weighted by molar-refractivity contribution is 6.07. The zero-order valence-corrected chi connectivity index (χ0v) is 13.5. The van der Waals surface area contributed by atoms with Gasteiger partial charge in [-0.05, 0) is 37.3 Å². The summed E-state index contributed by atoms with van der Waals surface area (Å²) in [6, 6.07) is 6.20. The van der Waals surface area contributed by atoms with Gasteiger partial charge in [-0.25, -0.2) is 0 Å². The van der Waals surface area contributed by atoms with E-state index in [1.807, 2.05) is 23.2 Å². The van der Waals surface area contributed by atoms with Crippen molar-refractivity contribution in [2.75, 3.05) is 13.1 Å². The first kappa shape index (κ1) is 14.9. The number of nitrogens with zero attached hydrogens (tertiary/aromatic N) is 2. The summed E-state index contributed by atoms with van der Waals surface area (Å²) in [6.45, 7) is 10.8. The molecule has 0 radical (unpaired) electrons. The maximum Gasteiger partial charge on any atom is 0.256 e. The summed E-state index contributed by atoms with van der Waals surface area (Å²) in [5.41, 5.74) is 3.04. The predicted molar refractivity (Wildman–Crippen MR) is 92.0 cm³/mol. The molecule has 2 aromatic rings. The van der Waals surface area contributed by atoms with Crippen molar-refractivity contribution in [3.8, 4) is 0 Å². The van der Waals surface area contributed by atoms with Gasteiger partial charge in [0.05, 0.1) is 5.56 Å². The van der Waals surface area contributed by atoms with Crippen LogP contribution in [-0.4, -0.2) is 28.5 Å². The Kier molecular flexibility index (Phi) is 4.06. The van der Waals surface area contributed by atoms with E-state index in [-0.39, 0.29) is 5.91 Å². The molecule has 2 heterocycles. The highest BCUT2D eigenvalue weighted by Crippen LogP contribution is 2.26. The molecule has 1 aromatic carbocycles. The van der Waals surface area contributed by atoms with Crippen LogP contribution in [0.25, 0.3) is 17.0 Å². The first-order chi connectivity index (χ1) is 10.6. The van der Waals surface area contributed by atoms with E-state index in [0.717, 1.165) is 60.4 Å². The standard InChI is InChI=1S/C19H24N2O/c1-4-15-6-7-16-17(13-20(5-2)18(16)12-15)19(22)21-10-8-14(3)9-11-21/h4,6-7,12-14H,1,5,8-11H2,2-3H3. The van der Waals surface area contributed by atoms with Crippen molar-refractivity contribution < 1.29 is 4.79 Å². The number of piperidine rings is 1. The van der Waals surface area contributed by atoms with Gasteiger partial charge in [-0.1, -0.05) is 31.7 Å². The summed E-state index contributed by atoms with van der Waals surface area (Å²) in [4.78, 5) is 14.9. The number of hydrogen-bond acceptors (Lipinski definition) is 1. The fraction of sp³-hybridized carbons (Fsp3) is 0.421. The maximum absolute atomic E-state index is 12.9. The van der Waals surface area contributed by atoms with Crippen LogP contribution in [0, 0.1) is 5.92 Å². The molecule has 0 saturated carbocycles. The lowest BCUT2D eigenvalue weighted by molar-refractivity contribution is 0.0699. The zero-order valence-electron chi connectivity index (χ0n) is 13.5. The Hall–Kier alpha value is -2.03. The lowest BCUT2D eigenvalue weighted by Crippen LogP contribution is -2.37. The molecule has 0 N–H and O–H groups in total. The normalized spacial score (nSPS) is 16.2. The lowest BCUT2D eigenvalue weighted by atomic mass is 9.98. The zero-order chi connectivity index (χ0) is 15.7. The molecule has 1 fully saturated rings. The van der Waals surface area contributed by atoms with Crippen LogP contribution in [0.1, 0.15) is 42.6 Å². The highest BCUT2D eigenvalue weighted by Gasteiger charge is 2.24.